The second kappa shape index (κ2) is 12.3. The highest BCUT2D eigenvalue weighted by atomic mass is 16.2. The number of nitrogens with zero attached hydrogens (tertiary/aromatic N) is 1. The molecular formula is C21H43N3O2. The average molecular weight is 370 g/mol. The molecule has 154 valence electrons. The predicted molar refractivity (Wildman–Crippen MR) is 110 cm³/mol. The van der Waals surface area contributed by atoms with Crippen LogP contribution in [0.1, 0.15) is 80.1 Å². The van der Waals surface area contributed by atoms with Gasteiger partial charge in [-0.3, -0.25) is 9.59 Å². The van der Waals surface area contributed by atoms with E-state index in [4.69, 9.17) is 0 Å². The van der Waals surface area contributed by atoms with E-state index in [-0.39, 0.29) is 17.2 Å². The molecule has 0 saturated heterocycles. The third-order valence-electron chi connectivity index (χ3n) is 4.33. The van der Waals surface area contributed by atoms with Gasteiger partial charge in [0.2, 0.25) is 11.8 Å². The van der Waals surface area contributed by atoms with Crippen molar-refractivity contribution < 1.29 is 9.59 Å². The van der Waals surface area contributed by atoms with Gasteiger partial charge in [-0.1, -0.05) is 48.0 Å². The first-order valence-electron chi connectivity index (χ1n) is 10.2. The van der Waals surface area contributed by atoms with Gasteiger partial charge in [0.1, 0.15) is 0 Å². The minimum Gasteiger partial charge on any atom is -0.356 e. The van der Waals surface area contributed by atoms with Crippen molar-refractivity contribution >= 4 is 11.8 Å². The van der Waals surface area contributed by atoms with E-state index in [1.54, 1.807) is 0 Å². The van der Waals surface area contributed by atoms with Gasteiger partial charge in [0.05, 0.1) is 0 Å². The second-order valence-corrected chi connectivity index (χ2v) is 9.63. The molecule has 2 N–H and O–H groups in total. The summed E-state index contributed by atoms with van der Waals surface area (Å²) in [6.07, 6.45) is 5.52. The van der Waals surface area contributed by atoms with Gasteiger partial charge in [-0.2, -0.15) is 0 Å². The fourth-order valence-corrected chi connectivity index (χ4v) is 2.36. The Hall–Kier alpha value is -1.10. The van der Waals surface area contributed by atoms with Gasteiger partial charge >= 0.3 is 0 Å². The molecule has 0 saturated carbocycles. The number of carbonyl (C=O) groups excluding carboxylic acids is 2. The van der Waals surface area contributed by atoms with E-state index in [0.29, 0.717) is 18.4 Å². The van der Waals surface area contributed by atoms with Gasteiger partial charge in [0.25, 0.3) is 0 Å². The molecular weight excluding hydrogens is 326 g/mol. The van der Waals surface area contributed by atoms with Crippen molar-refractivity contribution in [1.82, 2.24) is 15.5 Å². The smallest absolute Gasteiger partial charge is 0.225 e. The van der Waals surface area contributed by atoms with Crippen LogP contribution < -0.4 is 10.6 Å². The molecule has 0 bridgehead atoms. The molecule has 5 nitrogen and oxygen atoms in total. The lowest BCUT2D eigenvalue weighted by molar-refractivity contribution is -0.128. The van der Waals surface area contributed by atoms with Crippen molar-refractivity contribution in [2.45, 2.75) is 80.1 Å². The van der Waals surface area contributed by atoms with Crippen LogP contribution in [0.5, 0.6) is 0 Å². The summed E-state index contributed by atoms with van der Waals surface area (Å²) in [6.45, 7) is 16.1. The SMILES string of the molecule is CN(CCCNC(=O)CCCCCNC(=O)C(C)(C)C)CCC(C)(C)C. The third-order valence-corrected chi connectivity index (χ3v) is 4.33. The number of hydrogen-bond donors (Lipinski definition) is 2. The van der Waals surface area contributed by atoms with E-state index in [1.807, 2.05) is 20.8 Å². The summed E-state index contributed by atoms with van der Waals surface area (Å²) in [7, 11) is 2.14. The standard InChI is InChI=1S/C21H43N3O2/c1-20(2,3)13-17-24(7)16-11-15-22-18(25)12-9-8-10-14-23-19(26)21(4,5)6/h8-17H2,1-7H3,(H,22,25)(H,23,26). The Morgan fingerprint density at radius 1 is 0.808 bits per heavy atom. The minimum atomic E-state index is -0.333. The summed E-state index contributed by atoms with van der Waals surface area (Å²) in [5.74, 6) is 0.226. The van der Waals surface area contributed by atoms with Gasteiger partial charge in [-0.05, 0) is 51.2 Å². The molecule has 0 spiro atoms. The number of amides is 2. The van der Waals surface area contributed by atoms with Crippen LogP contribution in [-0.4, -0.2) is 49.9 Å². The van der Waals surface area contributed by atoms with E-state index in [0.717, 1.165) is 45.3 Å². The van der Waals surface area contributed by atoms with Crippen LogP contribution in [0.25, 0.3) is 0 Å². The fourth-order valence-electron chi connectivity index (χ4n) is 2.36. The summed E-state index contributed by atoms with van der Waals surface area (Å²) in [4.78, 5) is 25.9. The Morgan fingerprint density at radius 3 is 2.00 bits per heavy atom. The molecule has 0 aliphatic heterocycles. The van der Waals surface area contributed by atoms with Crippen LogP contribution in [0.4, 0.5) is 0 Å². The maximum atomic E-state index is 11.8. The number of rotatable bonds is 12. The lowest BCUT2D eigenvalue weighted by atomic mass is 9.92. The summed E-state index contributed by atoms with van der Waals surface area (Å²) < 4.78 is 0. The van der Waals surface area contributed by atoms with Gasteiger partial charge in [0.15, 0.2) is 0 Å². The van der Waals surface area contributed by atoms with Crippen LogP contribution in [0, 0.1) is 10.8 Å². The van der Waals surface area contributed by atoms with Gasteiger partial charge in [-0.15, -0.1) is 0 Å². The predicted octanol–water partition coefficient (Wildman–Crippen LogP) is 3.58. The number of unbranched alkanes of at least 4 members (excludes halogenated alkanes) is 2. The Bertz CT molecular complexity index is 408. The molecule has 0 unspecified atom stereocenters. The molecule has 2 amide bonds. The Morgan fingerprint density at radius 2 is 1.42 bits per heavy atom. The molecule has 0 aliphatic carbocycles. The van der Waals surface area contributed by atoms with Crippen LogP contribution >= 0.6 is 0 Å². The van der Waals surface area contributed by atoms with Gasteiger partial charge in [-0.25, -0.2) is 0 Å². The van der Waals surface area contributed by atoms with E-state index in [2.05, 4.69) is 43.4 Å². The number of carbonyl (C=O) groups is 2. The first-order valence-corrected chi connectivity index (χ1v) is 10.2. The summed E-state index contributed by atoms with van der Waals surface area (Å²) in [5, 5.41) is 5.94. The highest BCUT2D eigenvalue weighted by molar-refractivity contribution is 5.81. The molecule has 0 rings (SSSR count). The van der Waals surface area contributed by atoms with E-state index >= 15 is 0 Å². The topological polar surface area (TPSA) is 61.4 Å². The fraction of sp³-hybridized carbons (Fsp3) is 0.905. The van der Waals surface area contributed by atoms with Crippen molar-refractivity contribution in [1.29, 1.82) is 0 Å². The molecule has 0 aliphatic rings. The highest BCUT2D eigenvalue weighted by Gasteiger charge is 2.20. The lowest BCUT2D eigenvalue weighted by Gasteiger charge is -2.23. The quantitative estimate of drug-likeness (QED) is 0.517. The van der Waals surface area contributed by atoms with E-state index < -0.39 is 0 Å². The van der Waals surface area contributed by atoms with E-state index in [1.165, 1.54) is 6.42 Å². The number of nitrogens with one attached hydrogen (secondary N) is 2. The van der Waals surface area contributed by atoms with Crippen LogP contribution in [-0.2, 0) is 9.59 Å². The number of hydrogen-bond acceptors (Lipinski definition) is 3. The highest BCUT2D eigenvalue weighted by Crippen LogP contribution is 2.18. The summed E-state index contributed by atoms with van der Waals surface area (Å²) >= 11 is 0. The first kappa shape index (κ1) is 24.9. The first-order chi connectivity index (χ1) is 11.9. The Labute approximate surface area is 161 Å². The maximum absolute atomic E-state index is 11.8. The van der Waals surface area contributed by atoms with Crippen LogP contribution in [0.15, 0.2) is 0 Å². The van der Waals surface area contributed by atoms with Gasteiger partial charge in [0, 0.05) is 24.9 Å². The molecule has 0 aromatic heterocycles. The van der Waals surface area contributed by atoms with Crippen LogP contribution in [0.2, 0.25) is 0 Å². The lowest BCUT2D eigenvalue weighted by Crippen LogP contribution is -2.35. The summed E-state index contributed by atoms with van der Waals surface area (Å²) in [5.41, 5.74) is 0.0404. The van der Waals surface area contributed by atoms with Crippen molar-refractivity contribution in [3.63, 3.8) is 0 Å². The maximum Gasteiger partial charge on any atom is 0.225 e. The molecule has 0 fully saturated rings. The van der Waals surface area contributed by atoms with Crippen molar-refractivity contribution in [2.24, 2.45) is 10.8 Å². The normalized spacial score (nSPS) is 12.3. The molecule has 0 radical (unpaired) electrons. The Kier molecular flexibility index (Phi) is 11.8. The zero-order valence-corrected chi connectivity index (χ0v) is 18.3. The average Bonchev–Trinajstić information content (AvgIpc) is 2.51. The molecule has 0 aromatic carbocycles. The van der Waals surface area contributed by atoms with E-state index in [9.17, 15) is 9.59 Å². The van der Waals surface area contributed by atoms with Crippen molar-refractivity contribution in [3.8, 4) is 0 Å². The zero-order chi connectivity index (χ0) is 20.2. The molecule has 0 atom stereocenters. The molecule has 26 heavy (non-hydrogen) atoms. The van der Waals surface area contributed by atoms with Crippen molar-refractivity contribution in [3.05, 3.63) is 0 Å². The zero-order valence-electron chi connectivity index (χ0n) is 18.3. The monoisotopic (exact) mass is 369 g/mol. The molecule has 0 heterocycles. The van der Waals surface area contributed by atoms with Crippen LogP contribution in [0.3, 0.4) is 0 Å². The Balaban J connectivity index is 3.54. The summed E-state index contributed by atoms with van der Waals surface area (Å²) in [6, 6.07) is 0. The third kappa shape index (κ3) is 15.2. The van der Waals surface area contributed by atoms with Gasteiger partial charge < -0.3 is 15.5 Å². The second-order valence-electron chi connectivity index (χ2n) is 9.63. The minimum absolute atomic E-state index is 0.0858. The largest absolute Gasteiger partial charge is 0.356 e. The molecule has 0 aromatic rings. The molecule has 5 heteroatoms. The van der Waals surface area contributed by atoms with Crippen molar-refractivity contribution in [2.75, 3.05) is 33.2 Å².